The maximum Gasteiger partial charge on any atom is 0.238 e. The molecule has 0 bridgehead atoms. The topological polar surface area (TPSA) is 124 Å². The Morgan fingerprint density at radius 1 is 1.18 bits per heavy atom. The minimum atomic E-state index is -0.544. The van der Waals surface area contributed by atoms with Gasteiger partial charge < -0.3 is 15.0 Å². The van der Waals surface area contributed by atoms with Gasteiger partial charge in [-0.1, -0.05) is 18.2 Å². The molecule has 1 amide bonds. The molecule has 4 heterocycles. The molecular weight excluding hydrogens is 454 g/mol. The van der Waals surface area contributed by atoms with Crippen molar-refractivity contribution < 1.29 is 9.53 Å². The maximum atomic E-state index is 11.2. The third kappa shape index (κ3) is 5.01. The molecular formula is C22H23N9O2S. The fourth-order valence-corrected chi connectivity index (χ4v) is 4.83. The number of hydrogen-bond donors (Lipinski definition) is 1. The molecule has 0 radical (unpaired) electrons. The van der Waals surface area contributed by atoms with Crippen LogP contribution in [0.1, 0.15) is 42.6 Å². The van der Waals surface area contributed by atoms with E-state index >= 15 is 0 Å². The maximum absolute atomic E-state index is 11.2. The van der Waals surface area contributed by atoms with Crippen LogP contribution in [0, 0.1) is 0 Å². The normalized spacial score (nSPS) is 15.1. The first-order valence-corrected chi connectivity index (χ1v) is 11.8. The molecule has 1 fully saturated rings. The van der Waals surface area contributed by atoms with Crippen molar-refractivity contribution in [1.82, 2.24) is 35.2 Å². The fourth-order valence-electron chi connectivity index (χ4n) is 3.83. The van der Waals surface area contributed by atoms with Crippen molar-refractivity contribution in [1.29, 1.82) is 0 Å². The monoisotopic (exact) mass is 477 g/mol. The standard InChI is InChI=1S/C22H23N9O2S/c1-15(32)26-17-11-23-22(24-12-17)30-9-7-16(8-10-30)20-27-19(13-34-20)21(31-14-25-28-29-31)33-18-5-3-2-4-6-18/h2-6,11-14,16,21H,7-10H2,1H3,(H,26,32). The number of carbonyl (C=O) groups is 1. The fraction of sp³-hybridized carbons (Fsp3) is 0.318. The van der Waals surface area contributed by atoms with Crippen molar-refractivity contribution in [2.24, 2.45) is 0 Å². The summed E-state index contributed by atoms with van der Waals surface area (Å²) >= 11 is 1.63. The van der Waals surface area contributed by atoms with E-state index in [2.05, 4.69) is 35.7 Å². The second-order valence-electron chi connectivity index (χ2n) is 7.90. The van der Waals surface area contributed by atoms with E-state index in [0.29, 0.717) is 17.6 Å². The summed E-state index contributed by atoms with van der Waals surface area (Å²) in [5.41, 5.74) is 1.37. The number of hydrogen-bond acceptors (Lipinski definition) is 10. The lowest BCUT2D eigenvalue weighted by molar-refractivity contribution is -0.114. The summed E-state index contributed by atoms with van der Waals surface area (Å²) in [7, 11) is 0. The van der Waals surface area contributed by atoms with E-state index in [1.54, 1.807) is 28.4 Å². The summed E-state index contributed by atoms with van der Waals surface area (Å²) in [5, 5.41) is 17.3. The molecule has 11 nitrogen and oxygen atoms in total. The number of amides is 1. The van der Waals surface area contributed by atoms with Crippen molar-refractivity contribution in [3.63, 3.8) is 0 Å². The molecule has 0 saturated carbocycles. The Morgan fingerprint density at radius 2 is 1.94 bits per heavy atom. The highest BCUT2D eigenvalue weighted by molar-refractivity contribution is 7.09. The Bertz CT molecular complexity index is 1210. The first-order valence-electron chi connectivity index (χ1n) is 10.9. The molecule has 0 spiro atoms. The molecule has 0 aliphatic carbocycles. The highest BCUT2D eigenvalue weighted by Crippen LogP contribution is 2.33. The molecule has 1 atom stereocenters. The van der Waals surface area contributed by atoms with E-state index in [1.165, 1.54) is 13.3 Å². The van der Waals surface area contributed by atoms with E-state index in [9.17, 15) is 4.79 Å². The molecule has 1 aromatic carbocycles. The van der Waals surface area contributed by atoms with Crippen molar-refractivity contribution >= 4 is 28.9 Å². The number of nitrogens with zero attached hydrogens (tertiary/aromatic N) is 8. The smallest absolute Gasteiger partial charge is 0.238 e. The van der Waals surface area contributed by atoms with Gasteiger partial charge in [0.05, 0.1) is 23.1 Å². The summed E-state index contributed by atoms with van der Waals surface area (Å²) in [6, 6.07) is 9.57. The third-order valence-electron chi connectivity index (χ3n) is 5.47. The molecule has 12 heteroatoms. The number of rotatable bonds is 7. The Labute approximate surface area is 199 Å². The van der Waals surface area contributed by atoms with Crippen LogP contribution in [0.2, 0.25) is 0 Å². The minimum Gasteiger partial charge on any atom is -0.463 e. The Hall–Kier alpha value is -3.93. The average molecular weight is 478 g/mol. The number of anilines is 2. The number of ether oxygens (including phenoxy) is 1. The molecule has 174 valence electrons. The summed E-state index contributed by atoms with van der Waals surface area (Å²) in [6.07, 6.45) is 6.14. The van der Waals surface area contributed by atoms with Crippen molar-refractivity contribution in [2.45, 2.75) is 31.9 Å². The van der Waals surface area contributed by atoms with Gasteiger partial charge in [-0.05, 0) is 35.4 Å². The molecule has 3 aromatic heterocycles. The Balaban J connectivity index is 1.25. The van der Waals surface area contributed by atoms with Crippen LogP contribution in [-0.4, -0.2) is 54.2 Å². The third-order valence-corrected chi connectivity index (χ3v) is 6.50. The van der Waals surface area contributed by atoms with E-state index in [0.717, 1.165) is 42.4 Å². The van der Waals surface area contributed by atoms with E-state index < -0.39 is 6.23 Å². The van der Waals surface area contributed by atoms with Crippen LogP contribution in [0.25, 0.3) is 0 Å². The molecule has 1 N–H and O–H groups in total. The highest BCUT2D eigenvalue weighted by Gasteiger charge is 2.27. The van der Waals surface area contributed by atoms with Crippen LogP contribution in [0.5, 0.6) is 5.75 Å². The Morgan fingerprint density at radius 3 is 2.62 bits per heavy atom. The van der Waals surface area contributed by atoms with E-state index in [-0.39, 0.29) is 5.91 Å². The molecule has 1 unspecified atom stereocenters. The minimum absolute atomic E-state index is 0.142. The second kappa shape index (κ2) is 9.91. The lowest BCUT2D eigenvalue weighted by atomic mass is 9.98. The first-order chi connectivity index (χ1) is 16.7. The van der Waals surface area contributed by atoms with E-state index in [4.69, 9.17) is 9.72 Å². The largest absolute Gasteiger partial charge is 0.463 e. The molecule has 1 aliphatic heterocycles. The summed E-state index contributed by atoms with van der Waals surface area (Å²) in [5.74, 6) is 1.59. The number of thiazole rings is 1. The van der Waals surface area contributed by atoms with Gasteiger partial charge >= 0.3 is 0 Å². The van der Waals surface area contributed by atoms with Crippen LogP contribution < -0.4 is 15.0 Å². The lowest BCUT2D eigenvalue weighted by Crippen LogP contribution is -2.34. The van der Waals surface area contributed by atoms with Crippen LogP contribution in [0.3, 0.4) is 0 Å². The van der Waals surface area contributed by atoms with Crippen molar-refractivity contribution in [3.8, 4) is 5.75 Å². The zero-order valence-electron chi connectivity index (χ0n) is 18.5. The Kier molecular flexibility index (Phi) is 6.38. The van der Waals surface area contributed by atoms with Gasteiger partial charge in [-0.2, -0.15) is 4.68 Å². The zero-order valence-corrected chi connectivity index (χ0v) is 19.3. The molecule has 1 saturated heterocycles. The predicted molar refractivity (Wildman–Crippen MR) is 126 cm³/mol. The number of benzene rings is 1. The quantitative estimate of drug-likeness (QED) is 0.428. The number of carbonyl (C=O) groups excluding carboxylic acids is 1. The van der Waals surface area contributed by atoms with Gasteiger partial charge in [0.1, 0.15) is 17.8 Å². The van der Waals surface area contributed by atoms with Gasteiger partial charge in [-0.25, -0.2) is 15.0 Å². The average Bonchev–Trinajstić information content (AvgIpc) is 3.57. The van der Waals surface area contributed by atoms with Gasteiger partial charge in [0.2, 0.25) is 18.1 Å². The molecule has 5 rings (SSSR count). The SMILES string of the molecule is CC(=O)Nc1cnc(N2CCC(c3nc(C(Oc4ccccc4)n4cnnn4)cs3)CC2)nc1. The number of aromatic nitrogens is 7. The summed E-state index contributed by atoms with van der Waals surface area (Å²) < 4.78 is 7.73. The number of nitrogens with one attached hydrogen (secondary N) is 1. The number of piperidine rings is 1. The van der Waals surface area contributed by atoms with Gasteiger partial charge in [0.25, 0.3) is 0 Å². The molecule has 4 aromatic rings. The molecule has 34 heavy (non-hydrogen) atoms. The second-order valence-corrected chi connectivity index (χ2v) is 8.79. The number of tetrazole rings is 1. The van der Waals surface area contributed by atoms with Crippen LogP contribution in [0.15, 0.2) is 54.4 Å². The number of para-hydroxylation sites is 1. The van der Waals surface area contributed by atoms with Crippen molar-refractivity contribution in [2.75, 3.05) is 23.3 Å². The first kappa shape index (κ1) is 21.9. The van der Waals surface area contributed by atoms with Crippen molar-refractivity contribution in [3.05, 3.63) is 65.1 Å². The van der Waals surface area contributed by atoms with Gasteiger partial charge in [-0.3, -0.25) is 4.79 Å². The lowest BCUT2D eigenvalue weighted by Gasteiger charge is -2.31. The van der Waals surface area contributed by atoms with Crippen LogP contribution in [0.4, 0.5) is 11.6 Å². The molecule has 1 aliphatic rings. The predicted octanol–water partition coefficient (Wildman–Crippen LogP) is 2.89. The summed E-state index contributed by atoms with van der Waals surface area (Å²) in [6.45, 7) is 3.12. The van der Waals surface area contributed by atoms with Crippen LogP contribution in [-0.2, 0) is 4.79 Å². The van der Waals surface area contributed by atoms with Gasteiger partial charge in [0, 0.05) is 31.3 Å². The summed E-state index contributed by atoms with van der Waals surface area (Å²) in [4.78, 5) is 27.0. The van der Waals surface area contributed by atoms with Gasteiger partial charge in [0.15, 0.2) is 0 Å². The van der Waals surface area contributed by atoms with E-state index in [1.807, 2.05) is 35.7 Å². The van der Waals surface area contributed by atoms with Crippen LogP contribution >= 0.6 is 11.3 Å². The van der Waals surface area contributed by atoms with Gasteiger partial charge in [-0.15, -0.1) is 16.4 Å². The zero-order chi connectivity index (χ0) is 23.3. The highest BCUT2D eigenvalue weighted by atomic mass is 32.1.